The third kappa shape index (κ3) is 6.05. The average molecular weight is 603 g/mol. The van der Waals surface area contributed by atoms with Crippen LogP contribution in [0, 0.1) is 27.7 Å². The summed E-state index contributed by atoms with van der Waals surface area (Å²) >= 11 is 0. The van der Waals surface area contributed by atoms with Gasteiger partial charge in [0.15, 0.2) is 0 Å². The normalized spacial score (nSPS) is 15.0. The van der Waals surface area contributed by atoms with Gasteiger partial charge in [0.05, 0.1) is 0 Å². The summed E-state index contributed by atoms with van der Waals surface area (Å²) in [5.41, 5.74) is 17.8. The minimum atomic E-state index is 0.946. The first-order valence-electron chi connectivity index (χ1n) is 16.8. The zero-order chi connectivity index (χ0) is 32.2. The van der Waals surface area contributed by atoms with Crippen LogP contribution in [0.3, 0.4) is 0 Å². The summed E-state index contributed by atoms with van der Waals surface area (Å²) in [5, 5.41) is 0. The number of benzene rings is 4. The Balaban J connectivity index is 1.69. The molecule has 0 fully saturated rings. The fourth-order valence-electron chi connectivity index (χ4n) is 6.84. The maximum Gasteiger partial charge on any atom is 0.0493 e. The van der Waals surface area contributed by atoms with E-state index in [0.717, 1.165) is 25.9 Å². The zero-order valence-corrected chi connectivity index (χ0v) is 28.3. The summed E-state index contributed by atoms with van der Waals surface area (Å²) in [6.07, 6.45) is 11.8. The van der Waals surface area contributed by atoms with Gasteiger partial charge in [-0.25, -0.2) is 0 Å². The van der Waals surface area contributed by atoms with Gasteiger partial charge < -0.3 is 9.80 Å². The summed E-state index contributed by atoms with van der Waals surface area (Å²) in [7, 11) is 0. The highest BCUT2D eigenvalue weighted by molar-refractivity contribution is 5.90. The van der Waals surface area contributed by atoms with Crippen molar-refractivity contribution in [2.24, 2.45) is 0 Å². The molecule has 2 nitrogen and oxygen atoms in total. The average Bonchev–Trinajstić information content (AvgIpc) is 3.06. The molecule has 232 valence electrons. The van der Waals surface area contributed by atoms with E-state index in [2.05, 4.69) is 173 Å². The van der Waals surface area contributed by atoms with Crippen molar-refractivity contribution in [2.75, 3.05) is 13.1 Å². The highest BCUT2D eigenvalue weighted by Gasteiger charge is 2.28. The Labute approximate surface area is 276 Å². The molecule has 2 aliphatic heterocycles. The van der Waals surface area contributed by atoms with Gasteiger partial charge >= 0.3 is 0 Å². The fraction of sp³-hybridized carbons (Fsp3) is 0.227. The van der Waals surface area contributed by atoms with Crippen molar-refractivity contribution in [3.05, 3.63) is 177 Å². The Bertz CT molecular complexity index is 1640. The zero-order valence-electron chi connectivity index (χ0n) is 28.3. The Morgan fingerprint density at radius 3 is 0.826 bits per heavy atom. The fourth-order valence-corrected chi connectivity index (χ4v) is 6.84. The van der Waals surface area contributed by atoms with Crippen LogP contribution < -0.4 is 0 Å². The first-order valence-corrected chi connectivity index (χ1v) is 16.8. The maximum absolute atomic E-state index is 2.54. The van der Waals surface area contributed by atoms with E-state index in [4.69, 9.17) is 0 Å². The number of hydrogen-bond donors (Lipinski definition) is 0. The summed E-state index contributed by atoms with van der Waals surface area (Å²) in [6.45, 7) is 15.4. The Hall–Kier alpha value is -4.82. The quantitative estimate of drug-likeness (QED) is 0.198. The van der Waals surface area contributed by atoms with Crippen molar-refractivity contribution in [1.29, 1.82) is 0 Å². The third-order valence-electron chi connectivity index (χ3n) is 9.24. The largest absolute Gasteiger partial charge is 0.340 e. The van der Waals surface area contributed by atoms with Crippen LogP contribution in [0.25, 0.3) is 22.8 Å². The van der Waals surface area contributed by atoms with Gasteiger partial charge in [-0.1, -0.05) is 111 Å². The maximum atomic E-state index is 2.54. The standard InChI is InChI=1S/C44H46N2/c1-7-25-45-41(37-21-13-9-17-31(37)3)27-35(28-42(45)38-22-14-10-18-32(38)4)36-29-43(39-23-15-11-19-33(39)5)46(26-8-2)44(30-36)40-24-16-12-20-34(40)6/h9-24,27-30H,7-8,25-26H2,1-6H3. The Morgan fingerprint density at radius 1 is 0.370 bits per heavy atom. The molecule has 0 saturated carbocycles. The van der Waals surface area contributed by atoms with E-state index in [-0.39, 0.29) is 0 Å². The molecular formula is C44H46N2. The van der Waals surface area contributed by atoms with Gasteiger partial charge in [0.1, 0.15) is 0 Å². The van der Waals surface area contributed by atoms with Gasteiger partial charge in [-0.05, 0) is 98.2 Å². The molecule has 0 bridgehead atoms. The van der Waals surface area contributed by atoms with Crippen LogP contribution >= 0.6 is 0 Å². The molecule has 4 aromatic rings. The Morgan fingerprint density at radius 2 is 0.609 bits per heavy atom. The van der Waals surface area contributed by atoms with Gasteiger partial charge in [0.25, 0.3) is 0 Å². The predicted octanol–water partition coefficient (Wildman–Crippen LogP) is 11.1. The molecule has 0 spiro atoms. The lowest BCUT2D eigenvalue weighted by Crippen LogP contribution is -2.26. The molecule has 0 aliphatic carbocycles. The van der Waals surface area contributed by atoms with Gasteiger partial charge in [0.2, 0.25) is 0 Å². The second kappa shape index (κ2) is 13.7. The number of rotatable bonds is 8. The summed E-state index contributed by atoms with van der Waals surface area (Å²) in [6, 6.07) is 35.3. The molecule has 46 heavy (non-hydrogen) atoms. The SMILES string of the molecule is CCCN1C(c2ccccc2C)=CC(=C2C=C(c3ccccc3C)N(CCC)C(c3ccccc3C)=C2)C=C1c1ccccc1C. The van der Waals surface area contributed by atoms with Crippen LogP contribution in [0.2, 0.25) is 0 Å². The topological polar surface area (TPSA) is 6.48 Å². The van der Waals surface area contributed by atoms with Crippen LogP contribution in [0.1, 0.15) is 71.2 Å². The van der Waals surface area contributed by atoms with Crippen molar-refractivity contribution in [2.45, 2.75) is 54.4 Å². The lowest BCUT2D eigenvalue weighted by molar-refractivity contribution is 0.541. The van der Waals surface area contributed by atoms with E-state index in [0.29, 0.717) is 0 Å². The molecule has 0 N–H and O–H groups in total. The molecule has 0 saturated heterocycles. The molecule has 2 heterocycles. The van der Waals surface area contributed by atoms with Crippen LogP contribution in [-0.2, 0) is 0 Å². The molecule has 2 heteroatoms. The number of nitrogens with zero attached hydrogens (tertiary/aromatic N) is 2. The van der Waals surface area contributed by atoms with E-state index >= 15 is 0 Å². The Kier molecular flexibility index (Phi) is 9.26. The van der Waals surface area contributed by atoms with E-state index in [1.54, 1.807) is 0 Å². The van der Waals surface area contributed by atoms with Crippen LogP contribution in [0.5, 0.6) is 0 Å². The van der Waals surface area contributed by atoms with Crippen LogP contribution in [-0.4, -0.2) is 22.9 Å². The van der Waals surface area contributed by atoms with E-state index in [9.17, 15) is 0 Å². The molecule has 2 aliphatic rings. The van der Waals surface area contributed by atoms with E-state index in [1.165, 1.54) is 78.4 Å². The molecule has 0 amide bonds. The highest BCUT2D eigenvalue weighted by Crippen LogP contribution is 2.42. The van der Waals surface area contributed by atoms with Crippen molar-refractivity contribution in [1.82, 2.24) is 9.80 Å². The third-order valence-corrected chi connectivity index (χ3v) is 9.24. The summed E-state index contributed by atoms with van der Waals surface area (Å²) in [5.74, 6) is 0. The molecule has 0 unspecified atom stereocenters. The second-order valence-corrected chi connectivity index (χ2v) is 12.6. The molecule has 4 aromatic carbocycles. The summed E-state index contributed by atoms with van der Waals surface area (Å²) in [4.78, 5) is 5.08. The van der Waals surface area contributed by atoms with Crippen molar-refractivity contribution in [3.63, 3.8) is 0 Å². The first-order chi connectivity index (χ1) is 22.4. The van der Waals surface area contributed by atoms with Crippen LogP contribution in [0.4, 0.5) is 0 Å². The molecule has 0 atom stereocenters. The number of hydrogen-bond acceptors (Lipinski definition) is 2. The minimum Gasteiger partial charge on any atom is -0.340 e. The second-order valence-electron chi connectivity index (χ2n) is 12.6. The van der Waals surface area contributed by atoms with E-state index in [1.807, 2.05) is 0 Å². The highest BCUT2D eigenvalue weighted by atomic mass is 15.2. The molecular weight excluding hydrogens is 556 g/mol. The van der Waals surface area contributed by atoms with Gasteiger partial charge in [-0.15, -0.1) is 0 Å². The summed E-state index contributed by atoms with van der Waals surface area (Å²) < 4.78 is 0. The lowest BCUT2D eigenvalue weighted by atomic mass is 9.89. The number of allylic oxidation sites excluding steroid dienone is 6. The predicted molar refractivity (Wildman–Crippen MR) is 198 cm³/mol. The van der Waals surface area contributed by atoms with Crippen molar-refractivity contribution >= 4 is 22.8 Å². The van der Waals surface area contributed by atoms with Crippen molar-refractivity contribution < 1.29 is 0 Å². The van der Waals surface area contributed by atoms with Crippen LogP contribution in [0.15, 0.2) is 133 Å². The number of aryl methyl sites for hydroxylation is 4. The lowest BCUT2D eigenvalue weighted by Gasteiger charge is -2.37. The van der Waals surface area contributed by atoms with Gasteiger partial charge in [-0.2, -0.15) is 0 Å². The van der Waals surface area contributed by atoms with E-state index < -0.39 is 0 Å². The smallest absolute Gasteiger partial charge is 0.0493 e. The van der Waals surface area contributed by atoms with Gasteiger partial charge in [0, 0.05) is 58.1 Å². The minimum absolute atomic E-state index is 0.946. The molecule has 6 rings (SSSR count). The monoisotopic (exact) mass is 602 g/mol. The molecule has 0 radical (unpaired) electrons. The molecule has 0 aromatic heterocycles. The van der Waals surface area contributed by atoms with Gasteiger partial charge in [-0.3, -0.25) is 0 Å². The van der Waals surface area contributed by atoms with Crippen molar-refractivity contribution in [3.8, 4) is 0 Å². The first kappa shape index (κ1) is 31.2.